The summed E-state index contributed by atoms with van der Waals surface area (Å²) >= 11 is 0. The van der Waals surface area contributed by atoms with Crippen molar-refractivity contribution >= 4 is 21.0 Å². The van der Waals surface area contributed by atoms with Gasteiger partial charge in [0, 0.05) is 13.0 Å². The van der Waals surface area contributed by atoms with Crippen LogP contribution in [0.3, 0.4) is 0 Å². The minimum Gasteiger partial charge on any atom is -0.292 e. The van der Waals surface area contributed by atoms with Crippen molar-refractivity contribution in [1.29, 1.82) is 0 Å². The molecule has 1 aliphatic rings. The minimum absolute atomic E-state index is 0.0524. The highest BCUT2D eigenvalue weighted by molar-refractivity contribution is 7.91. The molecule has 2 aromatic rings. The van der Waals surface area contributed by atoms with Crippen LogP contribution in [0.1, 0.15) is 24.6 Å². The van der Waals surface area contributed by atoms with Crippen LogP contribution in [-0.4, -0.2) is 39.4 Å². The lowest BCUT2D eigenvalue weighted by Crippen LogP contribution is -2.23. The Kier molecular flexibility index (Phi) is 2.70. The SMILES string of the molecule is Cn1c(=O)[nH]c2nc(C3CCS(=O)(=O)CC3)ncc21. The maximum atomic E-state index is 11.5. The average molecular weight is 282 g/mol. The summed E-state index contributed by atoms with van der Waals surface area (Å²) in [4.78, 5) is 22.7. The number of imidazole rings is 1. The highest BCUT2D eigenvalue weighted by Gasteiger charge is 2.26. The number of aromatic nitrogens is 4. The number of hydrogen-bond donors (Lipinski definition) is 1. The highest BCUT2D eigenvalue weighted by atomic mass is 32.2. The summed E-state index contributed by atoms with van der Waals surface area (Å²) in [5.74, 6) is 1.04. The number of rotatable bonds is 1. The van der Waals surface area contributed by atoms with Crippen LogP contribution in [0.15, 0.2) is 11.0 Å². The van der Waals surface area contributed by atoms with Crippen LogP contribution >= 0.6 is 0 Å². The highest BCUT2D eigenvalue weighted by Crippen LogP contribution is 2.27. The van der Waals surface area contributed by atoms with Gasteiger partial charge in [-0.15, -0.1) is 0 Å². The molecule has 3 heterocycles. The molecule has 0 aliphatic carbocycles. The second-order valence-corrected chi connectivity index (χ2v) is 7.18. The van der Waals surface area contributed by atoms with E-state index in [1.807, 2.05) is 0 Å². The fourth-order valence-electron chi connectivity index (χ4n) is 2.37. The van der Waals surface area contributed by atoms with Gasteiger partial charge in [0.2, 0.25) is 0 Å². The van der Waals surface area contributed by atoms with Gasteiger partial charge in [-0.25, -0.2) is 23.2 Å². The van der Waals surface area contributed by atoms with E-state index in [4.69, 9.17) is 0 Å². The molecule has 1 saturated heterocycles. The molecule has 0 bridgehead atoms. The molecule has 0 amide bonds. The molecule has 2 aromatic heterocycles. The average Bonchev–Trinajstić information content (AvgIpc) is 2.64. The van der Waals surface area contributed by atoms with E-state index >= 15 is 0 Å². The van der Waals surface area contributed by atoms with Gasteiger partial charge in [0.15, 0.2) is 5.65 Å². The lowest BCUT2D eigenvalue weighted by molar-refractivity contribution is 0.538. The first-order valence-corrected chi connectivity index (χ1v) is 7.90. The van der Waals surface area contributed by atoms with E-state index in [2.05, 4.69) is 15.0 Å². The van der Waals surface area contributed by atoms with Crippen molar-refractivity contribution in [3.63, 3.8) is 0 Å². The Labute approximate surface area is 109 Å². The maximum Gasteiger partial charge on any atom is 0.327 e. The van der Waals surface area contributed by atoms with Crippen molar-refractivity contribution in [2.75, 3.05) is 11.5 Å². The smallest absolute Gasteiger partial charge is 0.292 e. The van der Waals surface area contributed by atoms with Crippen LogP contribution in [0.4, 0.5) is 0 Å². The Bertz CT molecular complexity index is 776. The number of hydrogen-bond acceptors (Lipinski definition) is 5. The van der Waals surface area contributed by atoms with Crippen LogP contribution < -0.4 is 5.69 Å². The summed E-state index contributed by atoms with van der Waals surface area (Å²) in [5, 5.41) is 0. The lowest BCUT2D eigenvalue weighted by Gasteiger charge is -2.20. The fraction of sp³-hybridized carbons (Fsp3) is 0.545. The Morgan fingerprint density at radius 1 is 1.37 bits per heavy atom. The van der Waals surface area contributed by atoms with Crippen LogP contribution in [0.5, 0.6) is 0 Å². The molecule has 1 aliphatic heterocycles. The van der Waals surface area contributed by atoms with Gasteiger partial charge in [0.05, 0.1) is 17.7 Å². The summed E-state index contributed by atoms with van der Waals surface area (Å²) in [7, 11) is -1.24. The standard InChI is InChI=1S/C11H14N4O3S/c1-15-8-6-12-9(13-10(8)14-11(15)16)7-2-4-19(17,18)5-3-7/h6-7H,2-5H2,1H3,(H,12,13,14,16). The van der Waals surface area contributed by atoms with Crippen LogP contribution in [0.25, 0.3) is 11.2 Å². The number of sulfone groups is 1. The third-order valence-electron chi connectivity index (χ3n) is 3.60. The number of nitrogens with zero attached hydrogens (tertiary/aromatic N) is 3. The third-order valence-corrected chi connectivity index (χ3v) is 5.31. The Hall–Kier alpha value is -1.70. The number of H-pyrrole nitrogens is 1. The van der Waals surface area contributed by atoms with Crippen molar-refractivity contribution < 1.29 is 8.42 Å². The van der Waals surface area contributed by atoms with Crippen molar-refractivity contribution in [3.05, 3.63) is 22.5 Å². The van der Waals surface area contributed by atoms with Gasteiger partial charge in [0.25, 0.3) is 0 Å². The van der Waals surface area contributed by atoms with E-state index in [1.165, 1.54) is 4.57 Å². The number of aromatic amines is 1. The van der Waals surface area contributed by atoms with Crippen LogP contribution in [0.2, 0.25) is 0 Å². The van der Waals surface area contributed by atoms with E-state index in [0.29, 0.717) is 29.8 Å². The first-order valence-electron chi connectivity index (χ1n) is 6.08. The van der Waals surface area contributed by atoms with E-state index in [9.17, 15) is 13.2 Å². The summed E-state index contributed by atoms with van der Waals surface area (Å²) in [5.41, 5.74) is 0.927. The molecule has 1 fully saturated rings. The third kappa shape index (κ3) is 2.16. The van der Waals surface area contributed by atoms with Crippen molar-refractivity contribution in [1.82, 2.24) is 19.5 Å². The van der Waals surface area contributed by atoms with E-state index in [-0.39, 0.29) is 23.1 Å². The largest absolute Gasteiger partial charge is 0.327 e. The molecular weight excluding hydrogens is 268 g/mol. The van der Waals surface area contributed by atoms with Gasteiger partial charge >= 0.3 is 5.69 Å². The predicted octanol–water partition coefficient (Wildman–Crippen LogP) is -0.0512. The molecule has 8 heteroatoms. The summed E-state index contributed by atoms with van der Waals surface area (Å²) < 4.78 is 24.2. The Morgan fingerprint density at radius 3 is 2.74 bits per heavy atom. The summed E-state index contributed by atoms with van der Waals surface area (Å²) in [6, 6.07) is 0. The molecule has 0 radical (unpaired) electrons. The molecule has 7 nitrogen and oxygen atoms in total. The molecule has 1 N–H and O–H groups in total. The van der Waals surface area contributed by atoms with Crippen molar-refractivity contribution in [2.45, 2.75) is 18.8 Å². The van der Waals surface area contributed by atoms with Crippen LogP contribution in [0, 0.1) is 0 Å². The Balaban J connectivity index is 1.96. The quantitative estimate of drug-likeness (QED) is 0.790. The van der Waals surface area contributed by atoms with E-state index in [0.717, 1.165) is 0 Å². The van der Waals surface area contributed by atoms with E-state index < -0.39 is 9.84 Å². The zero-order chi connectivity index (χ0) is 13.6. The molecule has 0 spiro atoms. The van der Waals surface area contributed by atoms with Gasteiger partial charge in [-0.3, -0.25) is 9.55 Å². The molecule has 0 aromatic carbocycles. The zero-order valence-electron chi connectivity index (χ0n) is 10.5. The molecule has 0 unspecified atom stereocenters. The monoisotopic (exact) mass is 282 g/mol. The molecule has 19 heavy (non-hydrogen) atoms. The molecule has 102 valence electrons. The molecular formula is C11H14N4O3S. The number of nitrogens with one attached hydrogen (secondary N) is 1. The summed E-state index contributed by atoms with van der Waals surface area (Å²) in [6.07, 6.45) is 2.70. The van der Waals surface area contributed by atoms with Crippen molar-refractivity contribution in [3.8, 4) is 0 Å². The topological polar surface area (TPSA) is 97.7 Å². The first kappa shape index (κ1) is 12.3. The minimum atomic E-state index is -2.89. The van der Waals surface area contributed by atoms with Crippen molar-refractivity contribution in [2.24, 2.45) is 7.05 Å². The fourth-order valence-corrected chi connectivity index (χ4v) is 3.86. The summed E-state index contributed by atoms with van der Waals surface area (Å²) in [6.45, 7) is 0. The van der Waals surface area contributed by atoms with Gasteiger partial charge in [-0.1, -0.05) is 0 Å². The number of fused-ring (bicyclic) bond motifs is 1. The second-order valence-electron chi connectivity index (χ2n) is 4.88. The lowest BCUT2D eigenvalue weighted by atomic mass is 10.0. The Morgan fingerprint density at radius 2 is 2.05 bits per heavy atom. The maximum absolute atomic E-state index is 11.5. The van der Waals surface area contributed by atoms with Gasteiger partial charge in [-0.2, -0.15) is 0 Å². The van der Waals surface area contributed by atoms with Crippen LogP contribution in [-0.2, 0) is 16.9 Å². The van der Waals surface area contributed by atoms with Gasteiger partial charge in [-0.05, 0) is 12.8 Å². The normalized spacial score (nSPS) is 19.8. The molecule has 0 saturated carbocycles. The van der Waals surface area contributed by atoms with Gasteiger partial charge < -0.3 is 0 Å². The van der Waals surface area contributed by atoms with E-state index in [1.54, 1.807) is 13.2 Å². The molecule has 0 atom stereocenters. The zero-order valence-corrected chi connectivity index (χ0v) is 11.3. The number of aryl methyl sites for hydroxylation is 1. The predicted molar refractivity (Wildman–Crippen MR) is 69.8 cm³/mol. The first-order chi connectivity index (χ1) is 8.96. The second kappa shape index (κ2) is 4.16. The molecule has 3 rings (SSSR count). The van der Waals surface area contributed by atoms with Gasteiger partial charge in [0.1, 0.15) is 21.2 Å².